The van der Waals surface area contributed by atoms with Crippen LogP contribution in [0.1, 0.15) is 16.8 Å². The van der Waals surface area contributed by atoms with E-state index in [2.05, 4.69) is 15.6 Å². The minimum atomic E-state index is -0.293. The van der Waals surface area contributed by atoms with Crippen LogP contribution in [0.25, 0.3) is 0 Å². The van der Waals surface area contributed by atoms with E-state index in [9.17, 15) is 9.59 Å². The molecule has 0 bridgehead atoms. The molecule has 8 heteroatoms. The fourth-order valence-electron chi connectivity index (χ4n) is 2.92. The fraction of sp³-hybridized carbons (Fsp3) is 0.316. The summed E-state index contributed by atoms with van der Waals surface area (Å²) in [6.45, 7) is 4.71. The lowest BCUT2D eigenvalue weighted by Gasteiger charge is -2.30. The SMILES string of the molecule is Cc1cc(C)c2c(n1)SCCN2C(=O)NCC(=O)NCc1ccccc1Cl. The molecule has 1 aromatic heterocycles. The highest BCUT2D eigenvalue weighted by molar-refractivity contribution is 7.99. The first kappa shape index (κ1) is 19.5. The summed E-state index contributed by atoms with van der Waals surface area (Å²) in [7, 11) is 0. The number of halogens is 1. The molecule has 0 saturated heterocycles. The average molecular weight is 405 g/mol. The van der Waals surface area contributed by atoms with Gasteiger partial charge in [-0.15, -0.1) is 11.8 Å². The molecule has 1 aliphatic heterocycles. The third-order valence-corrected chi connectivity index (χ3v) is 5.50. The molecule has 3 amide bonds. The highest BCUT2D eigenvalue weighted by Gasteiger charge is 2.26. The van der Waals surface area contributed by atoms with Crippen LogP contribution >= 0.6 is 23.4 Å². The second-order valence-corrected chi connectivity index (χ2v) is 7.75. The number of rotatable bonds is 4. The molecule has 3 rings (SSSR count). The molecule has 2 N–H and O–H groups in total. The van der Waals surface area contributed by atoms with Crippen LogP contribution in [0.2, 0.25) is 5.02 Å². The number of nitrogens with zero attached hydrogens (tertiary/aromatic N) is 2. The van der Waals surface area contributed by atoms with E-state index in [0.29, 0.717) is 18.1 Å². The lowest BCUT2D eigenvalue weighted by molar-refractivity contribution is -0.120. The Balaban J connectivity index is 1.57. The van der Waals surface area contributed by atoms with Crippen LogP contribution in [0.15, 0.2) is 35.4 Å². The van der Waals surface area contributed by atoms with Crippen LogP contribution in [-0.4, -0.2) is 35.8 Å². The monoisotopic (exact) mass is 404 g/mol. The summed E-state index contributed by atoms with van der Waals surface area (Å²) in [6.07, 6.45) is 0. The number of nitrogens with one attached hydrogen (secondary N) is 2. The van der Waals surface area contributed by atoms with E-state index in [1.165, 1.54) is 0 Å². The molecule has 27 heavy (non-hydrogen) atoms. The summed E-state index contributed by atoms with van der Waals surface area (Å²) >= 11 is 7.72. The number of aromatic nitrogens is 1. The molecule has 0 atom stereocenters. The zero-order chi connectivity index (χ0) is 19.4. The molecule has 1 aromatic carbocycles. The average Bonchev–Trinajstić information content (AvgIpc) is 2.64. The van der Waals surface area contributed by atoms with Gasteiger partial charge in [0.1, 0.15) is 5.03 Å². The number of benzene rings is 1. The fourth-order valence-corrected chi connectivity index (χ4v) is 4.21. The van der Waals surface area contributed by atoms with E-state index in [1.54, 1.807) is 22.7 Å². The molecule has 0 aliphatic carbocycles. The van der Waals surface area contributed by atoms with Crippen molar-refractivity contribution < 1.29 is 9.59 Å². The number of aryl methyl sites for hydroxylation is 2. The van der Waals surface area contributed by atoms with Gasteiger partial charge in [0, 0.05) is 29.6 Å². The molecular weight excluding hydrogens is 384 g/mol. The van der Waals surface area contributed by atoms with E-state index < -0.39 is 0 Å². The van der Waals surface area contributed by atoms with Gasteiger partial charge in [-0.2, -0.15) is 0 Å². The zero-order valence-electron chi connectivity index (χ0n) is 15.2. The van der Waals surface area contributed by atoms with Gasteiger partial charge in [-0.1, -0.05) is 29.8 Å². The first-order chi connectivity index (χ1) is 13.0. The first-order valence-electron chi connectivity index (χ1n) is 8.62. The highest BCUT2D eigenvalue weighted by atomic mass is 35.5. The predicted octanol–water partition coefficient (Wildman–Crippen LogP) is 3.29. The number of urea groups is 1. The first-order valence-corrected chi connectivity index (χ1v) is 9.98. The number of hydrogen-bond acceptors (Lipinski definition) is 4. The number of anilines is 1. The molecule has 0 saturated carbocycles. The third kappa shape index (κ3) is 4.73. The van der Waals surface area contributed by atoms with E-state index in [1.807, 2.05) is 38.1 Å². The Morgan fingerprint density at radius 2 is 2.04 bits per heavy atom. The number of amides is 3. The highest BCUT2D eigenvalue weighted by Crippen LogP contribution is 2.36. The summed E-state index contributed by atoms with van der Waals surface area (Å²) < 4.78 is 0. The van der Waals surface area contributed by atoms with E-state index in [-0.39, 0.29) is 18.5 Å². The van der Waals surface area contributed by atoms with Gasteiger partial charge in [-0.3, -0.25) is 9.69 Å². The predicted molar refractivity (Wildman–Crippen MR) is 108 cm³/mol. The van der Waals surface area contributed by atoms with Crippen molar-refractivity contribution >= 4 is 41.0 Å². The topological polar surface area (TPSA) is 74.3 Å². The summed E-state index contributed by atoms with van der Waals surface area (Å²) in [5, 5.41) is 6.91. The van der Waals surface area contributed by atoms with Gasteiger partial charge in [0.2, 0.25) is 5.91 Å². The minimum absolute atomic E-state index is 0.0966. The van der Waals surface area contributed by atoms with Crippen molar-refractivity contribution in [2.75, 3.05) is 23.7 Å². The van der Waals surface area contributed by atoms with E-state index in [0.717, 1.165) is 33.3 Å². The standard InChI is InChI=1S/C19H21ClN4O2S/c1-12-9-13(2)23-18-17(12)24(7-8-27-18)19(26)22-11-16(25)21-10-14-5-3-4-6-15(14)20/h3-6,9H,7-8,10-11H2,1-2H3,(H,21,25)(H,22,26). The van der Waals surface area contributed by atoms with Gasteiger partial charge in [-0.25, -0.2) is 9.78 Å². The van der Waals surface area contributed by atoms with Crippen LogP contribution < -0.4 is 15.5 Å². The van der Waals surface area contributed by atoms with Crippen LogP contribution in [-0.2, 0) is 11.3 Å². The van der Waals surface area contributed by atoms with Gasteiger partial charge in [0.15, 0.2) is 0 Å². The molecule has 2 heterocycles. The summed E-state index contributed by atoms with van der Waals surface area (Å²) in [4.78, 5) is 30.9. The van der Waals surface area contributed by atoms with Crippen LogP contribution in [0, 0.1) is 13.8 Å². The van der Waals surface area contributed by atoms with Crippen molar-refractivity contribution in [1.29, 1.82) is 0 Å². The largest absolute Gasteiger partial charge is 0.350 e. The van der Waals surface area contributed by atoms with Crippen molar-refractivity contribution in [3.8, 4) is 0 Å². The Bertz CT molecular complexity index is 875. The molecule has 0 radical (unpaired) electrons. The number of thioether (sulfide) groups is 1. The molecular formula is C19H21ClN4O2S. The lowest BCUT2D eigenvalue weighted by Crippen LogP contribution is -2.46. The Morgan fingerprint density at radius 1 is 1.26 bits per heavy atom. The molecule has 6 nitrogen and oxygen atoms in total. The quantitative estimate of drug-likeness (QED) is 0.820. The number of pyridine rings is 1. The van der Waals surface area contributed by atoms with Gasteiger partial charge >= 0.3 is 6.03 Å². The van der Waals surface area contributed by atoms with Crippen molar-refractivity contribution in [3.05, 3.63) is 52.2 Å². The van der Waals surface area contributed by atoms with Crippen LogP contribution in [0.5, 0.6) is 0 Å². The minimum Gasteiger partial charge on any atom is -0.350 e. The molecule has 0 fully saturated rings. The van der Waals surface area contributed by atoms with Gasteiger partial charge in [0.05, 0.1) is 12.2 Å². The van der Waals surface area contributed by atoms with Crippen molar-refractivity contribution in [2.24, 2.45) is 0 Å². The van der Waals surface area contributed by atoms with Gasteiger partial charge in [-0.05, 0) is 37.1 Å². The smallest absolute Gasteiger partial charge is 0.322 e. The van der Waals surface area contributed by atoms with Crippen molar-refractivity contribution in [1.82, 2.24) is 15.6 Å². The lowest BCUT2D eigenvalue weighted by atomic mass is 10.2. The molecule has 0 unspecified atom stereocenters. The van der Waals surface area contributed by atoms with Crippen molar-refractivity contribution in [3.63, 3.8) is 0 Å². The van der Waals surface area contributed by atoms with Gasteiger partial charge in [0.25, 0.3) is 0 Å². The molecule has 142 valence electrons. The summed E-state index contributed by atoms with van der Waals surface area (Å²) in [5.74, 6) is 0.503. The van der Waals surface area contributed by atoms with Gasteiger partial charge < -0.3 is 10.6 Å². The Hall–Kier alpha value is -2.25. The maximum atomic E-state index is 12.6. The number of fused-ring (bicyclic) bond motifs is 1. The molecule has 2 aromatic rings. The molecule has 0 spiro atoms. The number of hydrogen-bond donors (Lipinski definition) is 2. The number of carbonyl (C=O) groups is 2. The maximum Gasteiger partial charge on any atom is 0.322 e. The van der Waals surface area contributed by atoms with Crippen LogP contribution in [0.3, 0.4) is 0 Å². The van der Waals surface area contributed by atoms with Crippen molar-refractivity contribution in [2.45, 2.75) is 25.4 Å². The summed E-state index contributed by atoms with van der Waals surface area (Å²) in [6, 6.07) is 8.98. The second kappa shape index (κ2) is 8.63. The number of carbonyl (C=O) groups excluding carboxylic acids is 2. The zero-order valence-corrected chi connectivity index (χ0v) is 16.8. The van der Waals surface area contributed by atoms with E-state index in [4.69, 9.17) is 11.6 Å². The Morgan fingerprint density at radius 3 is 2.81 bits per heavy atom. The Kier molecular flexibility index (Phi) is 6.23. The van der Waals surface area contributed by atoms with E-state index >= 15 is 0 Å². The Labute approximate surface area is 167 Å². The third-order valence-electron chi connectivity index (χ3n) is 4.18. The normalized spacial score (nSPS) is 13.1. The summed E-state index contributed by atoms with van der Waals surface area (Å²) in [5.41, 5.74) is 3.59. The maximum absolute atomic E-state index is 12.6. The van der Waals surface area contributed by atoms with Crippen LogP contribution in [0.4, 0.5) is 10.5 Å². The molecule has 1 aliphatic rings. The second-order valence-electron chi connectivity index (χ2n) is 6.26.